The van der Waals surface area contributed by atoms with Gasteiger partial charge in [0.05, 0.1) is 12.2 Å². The molecule has 0 saturated heterocycles. The topological polar surface area (TPSA) is 36.4 Å². The summed E-state index contributed by atoms with van der Waals surface area (Å²) in [6, 6.07) is 5.84. The van der Waals surface area contributed by atoms with Crippen LogP contribution in [0.3, 0.4) is 0 Å². The standard InChI is InChI=1S/C19H29N3O/c1-21(2)14-15-22(16-18-10-6-7-13-20-18)19(23)12-11-17-8-4-3-5-9-17/h6-7,10-13,17H,3-5,8-9,14-16H2,1-2H3/b12-11+. The molecule has 1 aliphatic carbocycles. The number of carbonyl (C=O) groups excluding carboxylic acids is 1. The Labute approximate surface area is 140 Å². The van der Waals surface area contributed by atoms with E-state index in [4.69, 9.17) is 0 Å². The zero-order valence-corrected chi connectivity index (χ0v) is 14.4. The highest BCUT2D eigenvalue weighted by molar-refractivity contribution is 5.87. The van der Waals surface area contributed by atoms with E-state index >= 15 is 0 Å². The number of hydrogen-bond donors (Lipinski definition) is 0. The highest BCUT2D eigenvalue weighted by Crippen LogP contribution is 2.24. The molecule has 0 bridgehead atoms. The molecule has 1 saturated carbocycles. The number of nitrogens with zero attached hydrogens (tertiary/aromatic N) is 3. The van der Waals surface area contributed by atoms with Crippen molar-refractivity contribution in [1.82, 2.24) is 14.8 Å². The van der Waals surface area contributed by atoms with Gasteiger partial charge in [0, 0.05) is 19.3 Å². The van der Waals surface area contributed by atoms with Gasteiger partial charge in [-0.3, -0.25) is 9.78 Å². The Balaban J connectivity index is 1.96. The quantitative estimate of drug-likeness (QED) is 0.725. The third-order valence-electron chi connectivity index (χ3n) is 4.37. The number of pyridine rings is 1. The van der Waals surface area contributed by atoms with E-state index in [1.54, 1.807) is 12.3 Å². The molecule has 1 amide bonds. The van der Waals surface area contributed by atoms with Gasteiger partial charge in [0.2, 0.25) is 5.91 Å². The van der Waals surface area contributed by atoms with Crippen molar-refractivity contribution in [3.05, 3.63) is 42.2 Å². The van der Waals surface area contributed by atoms with Crippen molar-refractivity contribution < 1.29 is 4.79 Å². The molecule has 0 atom stereocenters. The zero-order valence-electron chi connectivity index (χ0n) is 14.4. The highest BCUT2D eigenvalue weighted by Gasteiger charge is 2.14. The summed E-state index contributed by atoms with van der Waals surface area (Å²) in [5, 5.41) is 0. The highest BCUT2D eigenvalue weighted by atomic mass is 16.2. The number of likely N-dealkylation sites (N-methyl/N-ethyl adjacent to an activating group) is 1. The molecule has 0 aliphatic heterocycles. The third kappa shape index (κ3) is 6.53. The van der Waals surface area contributed by atoms with E-state index in [-0.39, 0.29) is 5.91 Å². The molecule has 0 aromatic carbocycles. The van der Waals surface area contributed by atoms with Gasteiger partial charge in [-0.05, 0) is 51.1 Å². The van der Waals surface area contributed by atoms with Gasteiger partial charge in [-0.25, -0.2) is 0 Å². The molecule has 1 heterocycles. The Hall–Kier alpha value is -1.68. The van der Waals surface area contributed by atoms with Crippen LogP contribution in [0.15, 0.2) is 36.5 Å². The van der Waals surface area contributed by atoms with E-state index in [1.807, 2.05) is 37.2 Å². The number of rotatable bonds is 7. The van der Waals surface area contributed by atoms with Crippen LogP contribution in [0.4, 0.5) is 0 Å². The second-order valence-corrected chi connectivity index (χ2v) is 6.64. The monoisotopic (exact) mass is 315 g/mol. The fourth-order valence-electron chi connectivity index (χ4n) is 2.93. The fourth-order valence-corrected chi connectivity index (χ4v) is 2.93. The molecule has 0 unspecified atom stereocenters. The van der Waals surface area contributed by atoms with Crippen molar-refractivity contribution in [2.45, 2.75) is 38.6 Å². The van der Waals surface area contributed by atoms with E-state index in [0.29, 0.717) is 12.5 Å². The molecule has 4 nitrogen and oxygen atoms in total. The maximum Gasteiger partial charge on any atom is 0.246 e. The Morgan fingerprint density at radius 2 is 2.00 bits per heavy atom. The van der Waals surface area contributed by atoms with Crippen molar-refractivity contribution in [3.63, 3.8) is 0 Å². The first-order valence-corrected chi connectivity index (χ1v) is 8.67. The summed E-state index contributed by atoms with van der Waals surface area (Å²) in [6.07, 6.45) is 12.1. The summed E-state index contributed by atoms with van der Waals surface area (Å²) < 4.78 is 0. The Kier molecular flexibility index (Phi) is 7.27. The van der Waals surface area contributed by atoms with Gasteiger partial charge in [-0.1, -0.05) is 31.4 Å². The lowest BCUT2D eigenvalue weighted by molar-refractivity contribution is -0.126. The number of hydrogen-bond acceptors (Lipinski definition) is 3. The molecule has 126 valence electrons. The molecule has 2 rings (SSSR count). The normalized spacial score (nSPS) is 16.1. The summed E-state index contributed by atoms with van der Waals surface area (Å²) in [5.41, 5.74) is 0.936. The number of amides is 1. The van der Waals surface area contributed by atoms with Gasteiger partial charge in [0.15, 0.2) is 0 Å². The summed E-state index contributed by atoms with van der Waals surface area (Å²) in [7, 11) is 4.06. The van der Waals surface area contributed by atoms with Gasteiger partial charge in [-0.2, -0.15) is 0 Å². The minimum absolute atomic E-state index is 0.100. The Bertz CT molecular complexity index is 493. The Morgan fingerprint density at radius 3 is 2.65 bits per heavy atom. The van der Waals surface area contributed by atoms with Gasteiger partial charge < -0.3 is 9.80 Å². The second kappa shape index (κ2) is 9.46. The minimum atomic E-state index is 0.100. The van der Waals surface area contributed by atoms with Gasteiger partial charge >= 0.3 is 0 Å². The molecular formula is C19H29N3O. The fraction of sp³-hybridized carbons (Fsp3) is 0.579. The molecular weight excluding hydrogens is 286 g/mol. The van der Waals surface area contributed by atoms with Crippen LogP contribution >= 0.6 is 0 Å². The van der Waals surface area contributed by atoms with E-state index in [1.165, 1.54) is 32.1 Å². The number of carbonyl (C=O) groups is 1. The number of allylic oxidation sites excluding steroid dienone is 1. The minimum Gasteiger partial charge on any atom is -0.332 e. The zero-order chi connectivity index (χ0) is 16.5. The summed E-state index contributed by atoms with van der Waals surface area (Å²) in [6.45, 7) is 2.15. The molecule has 23 heavy (non-hydrogen) atoms. The van der Waals surface area contributed by atoms with Crippen LogP contribution < -0.4 is 0 Å². The molecule has 0 spiro atoms. The van der Waals surface area contributed by atoms with Crippen LogP contribution in [-0.2, 0) is 11.3 Å². The van der Waals surface area contributed by atoms with Crippen LogP contribution in [-0.4, -0.2) is 47.9 Å². The average molecular weight is 315 g/mol. The van der Waals surface area contributed by atoms with E-state index < -0.39 is 0 Å². The summed E-state index contributed by atoms with van der Waals surface area (Å²) >= 11 is 0. The average Bonchev–Trinajstić information content (AvgIpc) is 2.58. The van der Waals surface area contributed by atoms with Crippen molar-refractivity contribution in [1.29, 1.82) is 0 Å². The second-order valence-electron chi connectivity index (χ2n) is 6.64. The molecule has 0 N–H and O–H groups in total. The summed E-state index contributed by atoms with van der Waals surface area (Å²) in [5.74, 6) is 0.682. The van der Waals surface area contributed by atoms with Crippen LogP contribution in [0.1, 0.15) is 37.8 Å². The molecule has 4 heteroatoms. The lowest BCUT2D eigenvalue weighted by Gasteiger charge is -2.23. The first-order chi connectivity index (χ1) is 11.1. The van der Waals surface area contributed by atoms with Crippen LogP contribution in [0.5, 0.6) is 0 Å². The maximum atomic E-state index is 12.6. The largest absolute Gasteiger partial charge is 0.332 e. The Morgan fingerprint density at radius 1 is 1.22 bits per heavy atom. The van der Waals surface area contributed by atoms with E-state index in [2.05, 4.69) is 16.0 Å². The molecule has 0 radical (unpaired) electrons. The third-order valence-corrected chi connectivity index (χ3v) is 4.37. The van der Waals surface area contributed by atoms with Crippen molar-refractivity contribution >= 4 is 5.91 Å². The van der Waals surface area contributed by atoms with E-state index in [0.717, 1.165) is 18.8 Å². The maximum absolute atomic E-state index is 12.6. The first kappa shape index (κ1) is 17.7. The van der Waals surface area contributed by atoms with Crippen molar-refractivity contribution in [2.75, 3.05) is 27.2 Å². The first-order valence-electron chi connectivity index (χ1n) is 8.67. The predicted octanol–water partition coefficient (Wildman–Crippen LogP) is 3.11. The van der Waals surface area contributed by atoms with Gasteiger partial charge in [0.1, 0.15) is 0 Å². The molecule has 1 aromatic rings. The lowest BCUT2D eigenvalue weighted by Crippen LogP contribution is -2.35. The number of aromatic nitrogens is 1. The van der Waals surface area contributed by atoms with Gasteiger partial charge in [-0.15, -0.1) is 0 Å². The van der Waals surface area contributed by atoms with Gasteiger partial charge in [0.25, 0.3) is 0 Å². The smallest absolute Gasteiger partial charge is 0.246 e. The van der Waals surface area contributed by atoms with Crippen molar-refractivity contribution in [2.24, 2.45) is 5.92 Å². The molecule has 1 fully saturated rings. The van der Waals surface area contributed by atoms with E-state index in [9.17, 15) is 4.79 Å². The lowest BCUT2D eigenvalue weighted by atomic mass is 9.89. The van der Waals surface area contributed by atoms with Crippen LogP contribution in [0.25, 0.3) is 0 Å². The molecule has 1 aromatic heterocycles. The van der Waals surface area contributed by atoms with Crippen molar-refractivity contribution in [3.8, 4) is 0 Å². The van der Waals surface area contributed by atoms with Crippen LogP contribution in [0.2, 0.25) is 0 Å². The summed E-state index contributed by atoms with van der Waals surface area (Å²) in [4.78, 5) is 20.9. The van der Waals surface area contributed by atoms with Crippen LogP contribution in [0, 0.1) is 5.92 Å². The predicted molar refractivity (Wildman–Crippen MR) is 93.9 cm³/mol. The molecule has 1 aliphatic rings. The SMILES string of the molecule is CN(C)CCN(Cc1ccccn1)C(=O)/C=C/C1CCCCC1.